The number of hydrogen-bond acceptors (Lipinski definition) is 10. The van der Waals surface area contributed by atoms with Gasteiger partial charge in [0.25, 0.3) is 0 Å². The van der Waals surface area contributed by atoms with Gasteiger partial charge in [0.05, 0.1) is 39.8 Å². The van der Waals surface area contributed by atoms with Crippen LogP contribution in [0.3, 0.4) is 0 Å². The van der Waals surface area contributed by atoms with E-state index in [0.29, 0.717) is 33.8 Å². The lowest BCUT2D eigenvalue weighted by atomic mass is 10.1. The largest absolute Gasteiger partial charge is 0.493 e. The fourth-order valence-electron chi connectivity index (χ4n) is 6.05. The molecule has 2 aliphatic heterocycles. The number of methoxy groups -OCH3 is 4. The summed E-state index contributed by atoms with van der Waals surface area (Å²) in [5, 5.41) is 0.608. The van der Waals surface area contributed by atoms with Crippen molar-refractivity contribution in [2.24, 2.45) is 0 Å². The van der Waals surface area contributed by atoms with Crippen LogP contribution in [0.1, 0.15) is 11.1 Å². The predicted octanol–water partition coefficient (Wildman–Crippen LogP) is 3.95. The summed E-state index contributed by atoms with van der Waals surface area (Å²) in [6.07, 6.45) is 0.489. The summed E-state index contributed by atoms with van der Waals surface area (Å²) >= 11 is 0. The first-order chi connectivity index (χ1) is 24.1. The number of amides is 8. The fourth-order valence-corrected chi connectivity index (χ4v) is 6.05. The molecule has 0 spiro atoms. The molecule has 0 radical (unpaired) electrons. The van der Waals surface area contributed by atoms with Crippen LogP contribution in [-0.2, 0) is 32.0 Å². The van der Waals surface area contributed by atoms with Crippen molar-refractivity contribution in [3.63, 3.8) is 0 Å². The second-order valence-electron chi connectivity index (χ2n) is 11.3. The molecule has 2 aliphatic rings. The van der Waals surface area contributed by atoms with Crippen molar-refractivity contribution in [3.05, 3.63) is 83.9 Å². The Morgan fingerprint density at radius 1 is 0.460 bits per heavy atom. The molecule has 2 heterocycles. The number of ether oxygens (including phenoxy) is 4. The van der Waals surface area contributed by atoms with Gasteiger partial charge in [-0.05, 0) is 60.4 Å². The lowest BCUT2D eigenvalue weighted by Gasteiger charge is -2.20. The summed E-state index contributed by atoms with van der Waals surface area (Å²) in [5.74, 6) is -2.10. The molecule has 14 nitrogen and oxygen atoms in total. The van der Waals surface area contributed by atoms with E-state index >= 15 is 0 Å². The summed E-state index contributed by atoms with van der Waals surface area (Å²) in [6.45, 7) is -0.160. The Morgan fingerprint density at radius 3 is 1.20 bits per heavy atom. The van der Waals surface area contributed by atoms with Gasteiger partial charge in [-0.15, -0.1) is 0 Å². The minimum atomic E-state index is -1.05. The van der Waals surface area contributed by atoms with Crippen LogP contribution in [0.2, 0.25) is 0 Å². The number of anilines is 2. The van der Waals surface area contributed by atoms with E-state index < -0.39 is 35.7 Å². The molecule has 4 aromatic rings. The lowest BCUT2D eigenvalue weighted by Crippen LogP contribution is -2.35. The number of carbonyl (C=O) groups is 6. The molecule has 2 saturated heterocycles. The van der Waals surface area contributed by atoms with Crippen LogP contribution < -0.4 is 28.7 Å². The van der Waals surface area contributed by atoms with Crippen LogP contribution in [0.25, 0.3) is 10.8 Å². The van der Waals surface area contributed by atoms with E-state index in [4.69, 9.17) is 18.9 Å². The van der Waals surface area contributed by atoms with Gasteiger partial charge in [-0.2, -0.15) is 0 Å². The smallest absolute Gasteiger partial charge is 0.338 e. The van der Waals surface area contributed by atoms with Crippen molar-refractivity contribution in [1.82, 2.24) is 9.80 Å². The van der Waals surface area contributed by atoms with Crippen molar-refractivity contribution in [3.8, 4) is 23.0 Å². The molecule has 4 aromatic carbocycles. The first kappa shape index (κ1) is 33.5. The number of carbonyl (C=O) groups excluding carboxylic acids is 6. The molecule has 0 aromatic heterocycles. The normalized spacial score (nSPS) is 14.8. The first-order valence-corrected chi connectivity index (χ1v) is 15.5. The van der Waals surface area contributed by atoms with Crippen LogP contribution in [0, 0.1) is 0 Å². The standard InChI is InChI=1S/C36H32N4O10/c1-47-27-13-11-21(19-29(27)49-3)15-17-37-31(41)33(43)39(35(37)45)25-9-5-8-24-23(25)7-6-10-26(24)40-34(44)32(42)38(36(40)46)18-16-22-12-14-28(48-2)30(20-22)50-4/h5-14,19-20H,15-18H2,1-4H3. The molecule has 8 amide bonds. The Labute approximate surface area is 286 Å². The molecule has 0 atom stereocenters. The molecule has 0 saturated carbocycles. The predicted molar refractivity (Wildman–Crippen MR) is 180 cm³/mol. The molecular weight excluding hydrogens is 648 g/mol. The van der Waals surface area contributed by atoms with E-state index in [-0.39, 0.29) is 37.3 Å². The van der Waals surface area contributed by atoms with Gasteiger partial charge in [-0.1, -0.05) is 36.4 Å². The van der Waals surface area contributed by atoms with E-state index in [1.54, 1.807) is 48.5 Å². The summed E-state index contributed by atoms with van der Waals surface area (Å²) in [7, 11) is 6.00. The number of nitrogens with zero attached hydrogens (tertiary/aromatic N) is 4. The maximum atomic E-state index is 13.6. The minimum absolute atomic E-state index is 0.0799. The van der Waals surface area contributed by atoms with Crippen molar-refractivity contribution in [1.29, 1.82) is 0 Å². The van der Waals surface area contributed by atoms with Crippen LogP contribution >= 0.6 is 0 Å². The van der Waals surface area contributed by atoms with E-state index in [9.17, 15) is 28.8 Å². The highest BCUT2D eigenvalue weighted by atomic mass is 16.5. The van der Waals surface area contributed by atoms with Crippen LogP contribution in [-0.4, -0.2) is 87.0 Å². The van der Waals surface area contributed by atoms with Crippen molar-refractivity contribution in [2.75, 3.05) is 51.3 Å². The van der Waals surface area contributed by atoms with Gasteiger partial charge < -0.3 is 18.9 Å². The number of rotatable bonds is 12. The number of benzene rings is 4. The third kappa shape index (κ3) is 5.70. The van der Waals surface area contributed by atoms with E-state index in [1.807, 2.05) is 0 Å². The molecule has 0 N–H and O–H groups in total. The van der Waals surface area contributed by atoms with E-state index in [0.717, 1.165) is 30.7 Å². The maximum absolute atomic E-state index is 13.6. The number of fused-ring (bicyclic) bond motifs is 1. The quantitative estimate of drug-likeness (QED) is 0.159. The highest BCUT2D eigenvalue weighted by Gasteiger charge is 2.47. The summed E-state index contributed by atoms with van der Waals surface area (Å²) in [4.78, 5) is 83.1. The summed E-state index contributed by atoms with van der Waals surface area (Å²) < 4.78 is 21.2. The molecule has 2 fully saturated rings. The SMILES string of the molecule is COc1ccc(CCN2C(=O)C(=O)N(c3cccc4c(N5C(=O)C(=O)N(CCc6ccc(OC)c(OC)c6)C5=O)cccc34)C2=O)cc1OC. The zero-order valence-electron chi connectivity index (χ0n) is 27.6. The molecule has 50 heavy (non-hydrogen) atoms. The zero-order chi connectivity index (χ0) is 35.7. The zero-order valence-corrected chi connectivity index (χ0v) is 27.6. The highest BCUT2D eigenvalue weighted by Crippen LogP contribution is 2.37. The molecule has 14 heteroatoms. The molecule has 256 valence electrons. The summed E-state index contributed by atoms with van der Waals surface area (Å²) in [6, 6.07) is 17.9. The third-order valence-electron chi connectivity index (χ3n) is 8.61. The molecule has 0 aliphatic carbocycles. The minimum Gasteiger partial charge on any atom is -0.493 e. The second-order valence-corrected chi connectivity index (χ2v) is 11.3. The van der Waals surface area contributed by atoms with Crippen LogP contribution in [0.5, 0.6) is 23.0 Å². The average molecular weight is 681 g/mol. The third-order valence-corrected chi connectivity index (χ3v) is 8.61. The van der Waals surface area contributed by atoms with Crippen LogP contribution in [0.15, 0.2) is 72.8 Å². The maximum Gasteiger partial charge on any atom is 0.338 e. The average Bonchev–Trinajstić information content (AvgIpc) is 3.48. The van der Waals surface area contributed by atoms with Crippen molar-refractivity contribution < 1.29 is 47.7 Å². The molecular formula is C36H32N4O10. The topological polar surface area (TPSA) is 152 Å². The van der Waals surface area contributed by atoms with Gasteiger partial charge >= 0.3 is 35.7 Å². The van der Waals surface area contributed by atoms with Gasteiger partial charge in [-0.25, -0.2) is 19.4 Å². The Morgan fingerprint density at radius 2 is 0.840 bits per heavy atom. The Hall–Kier alpha value is -6.44. The number of hydrogen-bond donors (Lipinski definition) is 0. The summed E-state index contributed by atoms with van der Waals surface area (Å²) in [5.41, 5.74) is 1.65. The Kier molecular flexibility index (Phi) is 9.09. The Balaban J connectivity index is 1.24. The van der Waals surface area contributed by atoms with E-state index in [2.05, 4.69) is 0 Å². The van der Waals surface area contributed by atoms with Gasteiger partial charge in [0.15, 0.2) is 23.0 Å². The van der Waals surface area contributed by atoms with Gasteiger partial charge in [-0.3, -0.25) is 29.0 Å². The van der Waals surface area contributed by atoms with Crippen LogP contribution in [0.4, 0.5) is 21.0 Å². The van der Waals surface area contributed by atoms with Gasteiger partial charge in [0.2, 0.25) is 0 Å². The first-order valence-electron chi connectivity index (χ1n) is 15.5. The monoisotopic (exact) mass is 680 g/mol. The van der Waals surface area contributed by atoms with Crippen molar-refractivity contribution in [2.45, 2.75) is 12.8 Å². The fraction of sp³-hybridized carbons (Fsp3) is 0.222. The lowest BCUT2D eigenvalue weighted by molar-refractivity contribution is -0.139. The molecule has 0 bridgehead atoms. The molecule has 0 unspecified atom stereocenters. The van der Waals surface area contributed by atoms with Gasteiger partial charge in [0, 0.05) is 23.9 Å². The number of imide groups is 4. The highest BCUT2D eigenvalue weighted by molar-refractivity contribution is 6.54. The van der Waals surface area contributed by atoms with Crippen molar-refractivity contribution >= 4 is 57.8 Å². The van der Waals surface area contributed by atoms with Gasteiger partial charge in [0.1, 0.15) is 0 Å². The molecule has 6 rings (SSSR count). The second kappa shape index (κ2) is 13.6. The number of urea groups is 2. The Bertz CT molecular complexity index is 1930. The van der Waals surface area contributed by atoms with E-state index in [1.165, 1.54) is 52.7 Å².